The SMILES string of the molecule is C=CCOC(=O)[C@H](C(C)C)N(C)C(=O)[C@]1(C)CSC([C@H](C)NC(=O)OCC2c3ccccc3-c3ccccc32)=N1. The summed E-state index contributed by atoms with van der Waals surface area (Å²) in [6, 6.07) is 15.2. The van der Waals surface area contributed by atoms with Gasteiger partial charge in [0.1, 0.15) is 24.8 Å². The molecule has 8 nitrogen and oxygen atoms in total. The normalized spacial score (nSPS) is 19.2. The van der Waals surface area contributed by atoms with Gasteiger partial charge >= 0.3 is 12.1 Å². The van der Waals surface area contributed by atoms with Crippen molar-refractivity contribution in [2.75, 3.05) is 26.0 Å². The lowest BCUT2D eigenvalue weighted by Gasteiger charge is -2.33. The Morgan fingerprint density at radius 3 is 2.27 bits per heavy atom. The van der Waals surface area contributed by atoms with Crippen molar-refractivity contribution in [1.29, 1.82) is 0 Å². The molecule has 2 aromatic carbocycles. The fourth-order valence-corrected chi connectivity index (χ4v) is 6.53. The van der Waals surface area contributed by atoms with E-state index in [-0.39, 0.29) is 31.0 Å². The van der Waals surface area contributed by atoms with Crippen molar-refractivity contribution in [2.45, 2.75) is 51.2 Å². The molecule has 0 spiro atoms. The summed E-state index contributed by atoms with van der Waals surface area (Å²) in [5.74, 6) is -0.543. The maximum Gasteiger partial charge on any atom is 0.407 e. The van der Waals surface area contributed by atoms with Crippen LogP contribution in [0.4, 0.5) is 4.79 Å². The molecule has 0 bridgehead atoms. The molecule has 0 unspecified atom stereocenters. The van der Waals surface area contributed by atoms with Crippen molar-refractivity contribution < 1.29 is 23.9 Å². The number of benzene rings is 2. The molecular formula is C31H37N3O5S. The number of aliphatic imine (C=N–C) groups is 1. The number of hydrogen-bond donors (Lipinski definition) is 1. The largest absolute Gasteiger partial charge is 0.460 e. The molecule has 212 valence electrons. The summed E-state index contributed by atoms with van der Waals surface area (Å²) in [6.45, 7) is 11.2. The van der Waals surface area contributed by atoms with E-state index in [1.165, 1.54) is 33.9 Å². The Bertz CT molecular complexity index is 1280. The molecule has 1 aliphatic carbocycles. The number of nitrogens with zero attached hydrogens (tertiary/aromatic N) is 2. The zero-order chi connectivity index (χ0) is 29.0. The average Bonchev–Trinajstić information content (AvgIpc) is 3.49. The molecule has 1 aliphatic heterocycles. The second kappa shape index (κ2) is 12.3. The molecule has 0 aromatic heterocycles. The highest BCUT2D eigenvalue weighted by Gasteiger charge is 2.44. The van der Waals surface area contributed by atoms with E-state index in [1.807, 2.05) is 45.0 Å². The van der Waals surface area contributed by atoms with Gasteiger partial charge in [-0.25, -0.2) is 9.59 Å². The smallest absolute Gasteiger partial charge is 0.407 e. The highest BCUT2D eigenvalue weighted by molar-refractivity contribution is 8.14. The number of thioether (sulfide) groups is 1. The van der Waals surface area contributed by atoms with Gasteiger partial charge in [-0.3, -0.25) is 9.79 Å². The number of amides is 2. The van der Waals surface area contributed by atoms with Gasteiger partial charge in [0, 0.05) is 18.7 Å². The zero-order valence-electron chi connectivity index (χ0n) is 23.7. The lowest BCUT2D eigenvalue weighted by molar-refractivity contribution is -0.156. The molecule has 0 radical (unpaired) electrons. The Kier molecular flexibility index (Phi) is 9.03. The number of carbonyl (C=O) groups excluding carboxylic acids is 3. The third-order valence-corrected chi connectivity index (χ3v) is 8.77. The molecule has 0 saturated heterocycles. The summed E-state index contributed by atoms with van der Waals surface area (Å²) in [7, 11) is 1.60. The lowest BCUT2D eigenvalue weighted by Crippen LogP contribution is -2.53. The van der Waals surface area contributed by atoms with E-state index in [9.17, 15) is 14.4 Å². The lowest BCUT2D eigenvalue weighted by atomic mass is 9.98. The minimum atomic E-state index is -1.07. The van der Waals surface area contributed by atoms with Gasteiger partial charge in [0.2, 0.25) is 0 Å². The standard InChI is InChI=1S/C31H37N3O5S/c1-7-16-38-28(35)26(19(2)3)34(6)29(36)31(5)18-40-27(33-31)20(4)32-30(37)39-17-25-23-14-10-8-12-21(23)22-13-9-11-15-24(22)25/h7-15,19-20,25-26H,1,16-18H2,2-6H3,(H,32,37)/t20-,26-,31-/m0/s1. The van der Waals surface area contributed by atoms with Crippen LogP contribution in [0.2, 0.25) is 0 Å². The number of esters is 1. The van der Waals surface area contributed by atoms with E-state index in [0.717, 1.165) is 11.1 Å². The number of rotatable bonds is 10. The van der Waals surface area contributed by atoms with Gasteiger partial charge in [0.15, 0.2) is 0 Å². The molecule has 9 heteroatoms. The van der Waals surface area contributed by atoms with Crippen LogP contribution in [0.1, 0.15) is 44.7 Å². The van der Waals surface area contributed by atoms with Gasteiger partial charge in [-0.05, 0) is 42.0 Å². The van der Waals surface area contributed by atoms with Crippen molar-refractivity contribution in [3.8, 4) is 11.1 Å². The number of likely N-dealkylation sites (N-methyl/N-ethyl adjacent to an activating group) is 1. The number of carbonyl (C=O) groups is 3. The van der Waals surface area contributed by atoms with E-state index in [2.05, 4.69) is 36.2 Å². The summed E-state index contributed by atoms with van der Waals surface area (Å²) < 4.78 is 10.9. The van der Waals surface area contributed by atoms with Gasteiger partial charge in [-0.2, -0.15) is 0 Å². The van der Waals surface area contributed by atoms with Crippen molar-refractivity contribution in [1.82, 2.24) is 10.2 Å². The summed E-state index contributed by atoms with van der Waals surface area (Å²) in [4.78, 5) is 45.0. The molecule has 0 fully saturated rings. The fourth-order valence-electron chi connectivity index (χ4n) is 5.34. The summed E-state index contributed by atoms with van der Waals surface area (Å²) in [5, 5.41) is 3.49. The first kappa shape index (κ1) is 29.4. The summed E-state index contributed by atoms with van der Waals surface area (Å²) in [6.07, 6.45) is 0.952. The Morgan fingerprint density at radius 2 is 1.70 bits per heavy atom. The third-order valence-electron chi connectivity index (χ3n) is 7.32. The highest BCUT2D eigenvalue weighted by Crippen LogP contribution is 2.44. The average molecular weight is 564 g/mol. The molecule has 2 aliphatic rings. The van der Waals surface area contributed by atoms with Crippen LogP contribution in [0.25, 0.3) is 11.1 Å². The molecule has 1 N–H and O–H groups in total. The molecule has 1 heterocycles. The first-order valence-corrected chi connectivity index (χ1v) is 14.4. The topological polar surface area (TPSA) is 97.3 Å². The molecular weight excluding hydrogens is 526 g/mol. The van der Waals surface area contributed by atoms with Gasteiger partial charge in [0.25, 0.3) is 5.91 Å². The second-order valence-electron chi connectivity index (χ2n) is 10.7. The first-order chi connectivity index (χ1) is 19.1. The predicted octanol–water partition coefficient (Wildman–Crippen LogP) is 5.03. The Labute approximate surface area is 240 Å². The Hall–Kier alpha value is -3.59. The molecule has 0 saturated carbocycles. The van der Waals surface area contributed by atoms with Crippen LogP contribution < -0.4 is 5.32 Å². The fraction of sp³-hybridized carbons (Fsp3) is 0.419. The Balaban J connectivity index is 1.38. The van der Waals surface area contributed by atoms with E-state index >= 15 is 0 Å². The van der Waals surface area contributed by atoms with Crippen molar-refractivity contribution in [2.24, 2.45) is 10.9 Å². The van der Waals surface area contributed by atoms with Gasteiger partial charge in [-0.1, -0.05) is 75.0 Å². The van der Waals surface area contributed by atoms with Crippen LogP contribution in [-0.4, -0.2) is 71.6 Å². The van der Waals surface area contributed by atoms with E-state index in [4.69, 9.17) is 14.5 Å². The number of fused-ring (bicyclic) bond motifs is 3. The molecule has 4 rings (SSSR count). The Morgan fingerprint density at radius 1 is 1.10 bits per heavy atom. The molecule has 2 amide bonds. The first-order valence-electron chi connectivity index (χ1n) is 13.5. The van der Waals surface area contributed by atoms with Crippen LogP contribution >= 0.6 is 11.8 Å². The van der Waals surface area contributed by atoms with Gasteiger partial charge in [0.05, 0.1) is 11.1 Å². The number of nitrogens with one attached hydrogen (secondary N) is 1. The predicted molar refractivity (Wildman–Crippen MR) is 159 cm³/mol. The van der Waals surface area contributed by atoms with Crippen LogP contribution in [-0.2, 0) is 19.1 Å². The highest BCUT2D eigenvalue weighted by atomic mass is 32.2. The summed E-state index contributed by atoms with van der Waals surface area (Å²) >= 11 is 1.42. The van der Waals surface area contributed by atoms with Gasteiger partial charge in [-0.15, -0.1) is 11.8 Å². The number of ether oxygens (including phenoxy) is 2. The second-order valence-corrected chi connectivity index (χ2v) is 11.7. The third kappa shape index (κ3) is 5.94. The van der Waals surface area contributed by atoms with Crippen molar-refractivity contribution in [3.63, 3.8) is 0 Å². The maximum absolute atomic E-state index is 13.5. The maximum atomic E-state index is 13.5. The summed E-state index contributed by atoms with van der Waals surface area (Å²) in [5.41, 5.74) is 3.55. The van der Waals surface area contributed by atoms with E-state index < -0.39 is 29.7 Å². The number of alkyl carbamates (subject to hydrolysis) is 1. The number of hydrogen-bond acceptors (Lipinski definition) is 7. The molecule has 40 heavy (non-hydrogen) atoms. The van der Waals surface area contributed by atoms with Crippen LogP contribution in [0.3, 0.4) is 0 Å². The van der Waals surface area contributed by atoms with Crippen LogP contribution in [0, 0.1) is 5.92 Å². The van der Waals surface area contributed by atoms with Gasteiger partial charge < -0.3 is 19.7 Å². The van der Waals surface area contributed by atoms with Crippen LogP contribution in [0.5, 0.6) is 0 Å². The monoisotopic (exact) mass is 563 g/mol. The molecule has 3 atom stereocenters. The van der Waals surface area contributed by atoms with E-state index in [0.29, 0.717) is 10.8 Å². The van der Waals surface area contributed by atoms with Crippen molar-refractivity contribution in [3.05, 3.63) is 72.3 Å². The molecule has 2 aromatic rings. The van der Waals surface area contributed by atoms with Crippen molar-refractivity contribution >= 4 is 34.8 Å². The minimum absolute atomic E-state index is 0.0322. The zero-order valence-corrected chi connectivity index (χ0v) is 24.5. The van der Waals surface area contributed by atoms with Crippen LogP contribution in [0.15, 0.2) is 66.2 Å². The van der Waals surface area contributed by atoms with E-state index in [1.54, 1.807) is 14.0 Å². The minimum Gasteiger partial charge on any atom is -0.460 e. The quantitative estimate of drug-likeness (QED) is 0.322.